The van der Waals surface area contributed by atoms with E-state index in [0.717, 1.165) is 22.9 Å². The Hall–Kier alpha value is -0.810. The molecule has 0 bridgehead atoms. The van der Waals surface area contributed by atoms with Gasteiger partial charge in [0.1, 0.15) is 5.75 Å². The van der Waals surface area contributed by atoms with E-state index < -0.39 is 0 Å². The second-order valence-corrected chi connectivity index (χ2v) is 6.23. The van der Waals surface area contributed by atoms with Gasteiger partial charge in [-0.1, -0.05) is 17.7 Å². The molecule has 21 heavy (non-hydrogen) atoms. The summed E-state index contributed by atoms with van der Waals surface area (Å²) in [5.74, 6) is 0.810. The number of ether oxygens (including phenoxy) is 1. The van der Waals surface area contributed by atoms with Crippen molar-refractivity contribution in [3.05, 3.63) is 28.8 Å². The van der Waals surface area contributed by atoms with Gasteiger partial charge in [-0.15, -0.1) is 0 Å². The monoisotopic (exact) mass is 311 g/mol. The normalized spacial score (nSPS) is 21.0. The first-order valence-electron chi connectivity index (χ1n) is 7.51. The van der Waals surface area contributed by atoms with E-state index in [-0.39, 0.29) is 6.04 Å². The molecule has 1 fully saturated rings. The van der Waals surface area contributed by atoms with Crippen LogP contribution in [0.5, 0.6) is 5.75 Å². The van der Waals surface area contributed by atoms with Crippen molar-refractivity contribution in [1.82, 2.24) is 9.80 Å². The van der Waals surface area contributed by atoms with Gasteiger partial charge in [0.15, 0.2) is 0 Å². The van der Waals surface area contributed by atoms with Crippen LogP contribution >= 0.6 is 11.6 Å². The third kappa shape index (κ3) is 3.69. The number of benzene rings is 1. The van der Waals surface area contributed by atoms with Gasteiger partial charge in [0, 0.05) is 29.7 Å². The van der Waals surface area contributed by atoms with Crippen molar-refractivity contribution in [2.75, 3.05) is 40.8 Å². The van der Waals surface area contributed by atoms with Crippen LogP contribution in [0.25, 0.3) is 0 Å². The molecule has 2 rings (SSSR count). The van der Waals surface area contributed by atoms with Gasteiger partial charge in [-0.2, -0.15) is 0 Å². The molecule has 1 aliphatic heterocycles. The van der Waals surface area contributed by atoms with Gasteiger partial charge in [-0.25, -0.2) is 0 Å². The van der Waals surface area contributed by atoms with Gasteiger partial charge in [0.2, 0.25) is 0 Å². The van der Waals surface area contributed by atoms with Crippen LogP contribution in [0.2, 0.25) is 5.02 Å². The predicted octanol–water partition coefficient (Wildman–Crippen LogP) is 2.37. The summed E-state index contributed by atoms with van der Waals surface area (Å²) >= 11 is 6.40. The maximum atomic E-state index is 6.40. The zero-order chi connectivity index (χ0) is 15.4. The Kier molecular flexibility index (Phi) is 5.88. The number of methoxy groups -OCH3 is 1. The van der Waals surface area contributed by atoms with Gasteiger partial charge in [-0.05, 0) is 45.6 Å². The molecule has 4 nitrogen and oxygen atoms in total. The summed E-state index contributed by atoms with van der Waals surface area (Å²) in [6.07, 6.45) is 2.52. The van der Waals surface area contributed by atoms with Gasteiger partial charge >= 0.3 is 0 Å². The molecule has 1 aromatic rings. The van der Waals surface area contributed by atoms with Crippen LogP contribution in [0, 0.1) is 0 Å². The topological polar surface area (TPSA) is 41.7 Å². The highest BCUT2D eigenvalue weighted by atomic mass is 35.5. The SMILES string of the molecule is COc1cccc(Cl)c1C(CN)N(C)CC1CCCN1C. The van der Waals surface area contributed by atoms with Gasteiger partial charge in [0.05, 0.1) is 13.2 Å². The summed E-state index contributed by atoms with van der Waals surface area (Å²) in [5, 5.41) is 0.719. The molecular formula is C16H26ClN3O. The highest BCUT2D eigenvalue weighted by Crippen LogP contribution is 2.34. The van der Waals surface area contributed by atoms with Crippen LogP contribution in [-0.4, -0.2) is 56.7 Å². The first-order valence-corrected chi connectivity index (χ1v) is 7.89. The Labute approximate surface area is 132 Å². The van der Waals surface area contributed by atoms with Gasteiger partial charge in [0.25, 0.3) is 0 Å². The first kappa shape index (κ1) is 16.6. The summed E-state index contributed by atoms with van der Waals surface area (Å²) in [6.45, 7) is 2.70. The van der Waals surface area contributed by atoms with Crippen molar-refractivity contribution < 1.29 is 4.74 Å². The van der Waals surface area contributed by atoms with Crippen molar-refractivity contribution in [1.29, 1.82) is 0 Å². The molecule has 1 heterocycles. The third-order valence-electron chi connectivity index (χ3n) is 4.49. The van der Waals surface area contributed by atoms with Crippen LogP contribution in [0.3, 0.4) is 0 Å². The maximum absolute atomic E-state index is 6.40. The highest BCUT2D eigenvalue weighted by molar-refractivity contribution is 6.31. The second-order valence-electron chi connectivity index (χ2n) is 5.82. The summed E-state index contributed by atoms with van der Waals surface area (Å²) in [6, 6.07) is 6.42. The summed E-state index contributed by atoms with van der Waals surface area (Å²) < 4.78 is 5.47. The minimum Gasteiger partial charge on any atom is -0.496 e. The van der Waals surface area contributed by atoms with Crippen molar-refractivity contribution in [3.63, 3.8) is 0 Å². The number of halogens is 1. The molecular weight excluding hydrogens is 286 g/mol. The van der Waals surface area contributed by atoms with Crippen LogP contribution in [0.4, 0.5) is 0 Å². The molecule has 0 amide bonds. The molecule has 5 heteroatoms. The summed E-state index contributed by atoms with van der Waals surface area (Å²) in [7, 11) is 5.99. The van der Waals surface area contributed by atoms with Crippen molar-refractivity contribution in [2.24, 2.45) is 5.73 Å². The van der Waals surface area contributed by atoms with E-state index in [0.29, 0.717) is 12.6 Å². The number of rotatable bonds is 6. The fourth-order valence-corrected chi connectivity index (χ4v) is 3.50. The standard InChI is InChI=1S/C16H26ClN3O/c1-19-9-5-6-12(19)11-20(2)14(10-18)16-13(17)7-4-8-15(16)21-3/h4,7-8,12,14H,5-6,9-11,18H2,1-3H3. The van der Waals surface area contributed by atoms with E-state index >= 15 is 0 Å². The maximum Gasteiger partial charge on any atom is 0.125 e. The lowest BCUT2D eigenvalue weighted by Crippen LogP contribution is -2.40. The Morgan fingerprint density at radius 3 is 2.86 bits per heavy atom. The fraction of sp³-hybridized carbons (Fsp3) is 0.625. The minimum atomic E-state index is 0.0719. The smallest absolute Gasteiger partial charge is 0.125 e. The highest BCUT2D eigenvalue weighted by Gasteiger charge is 2.27. The third-order valence-corrected chi connectivity index (χ3v) is 4.82. The molecule has 0 saturated carbocycles. The lowest BCUT2D eigenvalue weighted by Gasteiger charge is -2.33. The van der Waals surface area contributed by atoms with E-state index in [2.05, 4.69) is 23.9 Å². The van der Waals surface area contributed by atoms with E-state index in [9.17, 15) is 0 Å². The van der Waals surface area contributed by atoms with E-state index in [1.54, 1.807) is 7.11 Å². The van der Waals surface area contributed by atoms with Crippen LogP contribution in [0.1, 0.15) is 24.4 Å². The predicted molar refractivity (Wildman–Crippen MR) is 88.1 cm³/mol. The second kappa shape index (κ2) is 7.45. The zero-order valence-electron chi connectivity index (χ0n) is 13.2. The number of hydrogen-bond acceptors (Lipinski definition) is 4. The number of likely N-dealkylation sites (tertiary alicyclic amines) is 1. The molecule has 118 valence electrons. The fourth-order valence-electron chi connectivity index (χ4n) is 3.21. The first-order chi connectivity index (χ1) is 10.1. The average Bonchev–Trinajstić information content (AvgIpc) is 2.86. The quantitative estimate of drug-likeness (QED) is 0.876. The molecule has 2 atom stereocenters. The van der Waals surface area contributed by atoms with Crippen molar-refractivity contribution in [2.45, 2.75) is 24.9 Å². The Bertz CT molecular complexity index is 469. The lowest BCUT2D eigenvalue weighted by molar-refractivity contribution is 0.177. The van der Waals surface area contributed by atoms with Crippen LogP contribution in [0.15, 0.2) is 18.2 Å². The summed E-state index contributed by atoms with van der Waals surface area (Å²) in [4.78, 5) is 4.73. The average molecular weight is 312 g/mol. The molecule has 1 saturated heterocycles. The Morgan fingerprint density at radius 1 is 1.52 bits per heavy atom. The molecule has 0 radical (unpaired) electrons. The molecule has 2 N–H and O–H groups in total. The number of hydrogen-bond donors (Lipinski definition) is 1. The van der Waals surface area contributed by atoms with E-state index in [1.165, 1.54) is 19.4 Å². The Morgan fingerprint density at radius 2 is 2.29 bits per heavy atom. The van der Waals surface area contributed by atoms with Crippen LogP contribution < -0.4 is 10.5 Å². The van der Waals surface area contributed by atoms with Crippen molar-refractivity contribution >= 4 is 11.6 Å². The van der Waals surface area contributed by atoms with Gasteiger partial charge in [-0.3, -0.25) is 4.90 Å². The largest absolute Gasteiger partial charge is 0.496 e. The molecule has 1 aliphatic rings. The van der Waals surface area contributed by atoms with E-state index in [4.69, 9.17) is 22.1 Å². The van der Waals surface area contributed by atoms with E-state index in [1.807, 2.05) is 18.2 Å². The lowest BCUT2D eigenvalue weighted by atomic mass is 10.0. The van der Waals surface area contributed by atoms with Crippen molar-refractivity contribution in [3.8, 4) is 5.75 Å². The molecule has 0 aromatic heterocycles. The molecule has 1 aromatic carbocycles. The number of nitrogens with two attached hydrogens (primary N) is 1. The molecule has 2 unspecified atom stereocenters. The summed E-state index contributed by atoms with van der Waals surface area (Å²) in [5.41, 5.74) is 7.03. The minimum absolute atomic E-state index is 0.0719. The van der Waals surface area contributed by atoms with Gasteiger partial charge < -0.3 is 15.4 Å². The molecule has 0 aliphatic carbocycles. The zero-order valence-corrected chi connectivity index (χ0v) is 13.9. The number of likely N-dealkylation sites (N-methyl/N-ethyl adjacent to an activating group) is 2. The Balaban J connectivity index is 2.19. The molecule has 0 spiro atoms. The van der Waals surface area contributed by atoms with Crippen LogP contribution in [-0.2, 0) is 0 Å². The number of nitrogens with zero attached hydrogens (tertiary/aromatic N) is 2.